The Morgan fingerprint density at radius 2 is 2.18 bits per heavy atom. The van der Waals surface area contributed by atoms with E-state index in [0.717, 1.165) is 5.56 Å². The summed E-state index contributed by atoms with van der Waals surface area (Å²) in [6.45, 7) is 4.31. The lowest BCUT2D eigenvalue weighted by Crippen LogP contribution is -2.05. The van der Waals surface area contributed by atoms with E-state index in [2.05, 4.69) is 11.7 Å². The fourth-order valence-corrected chi connectivity index (χ4v) is 1.25. The molecule has 1 aromatic carbocycles. The van der Waals surface area contributed by atoms with Gasteiger partial charge in [-0.05, 0) is 23.8 Å². The molecule has 0 aliphatic carbocycles. The molecule has 0 atom stereocenters. The fraction of sp³-hybridized carbons (Fsp3) is 0.250. The maximum absolute atomic E-state index is 5.49. The summed E-state index contributed by atoms with van der Waals surface area (Å²) in [5.74, 6) is 6.35. The molecule has 2 N–H and O–H groups in total. The van der Waals surface area contributed by atoms with Crippen molar-refractivity contribution in [2.24, 2.45) is 10.9 Å². The van der Waals surface area contributed by atoms with E-state index in [1.165, 1.54) is 12.5 Å². The summed E-state index contributed by atoms with van der Waals surface area (Å²) in [5.41, 5.74) is 0.846. The molecule has 0 aliphatic rings. The van der Waals surface area contributed by atoms with Gasteiger partial charge in [0.1, 0.15) is 13.2 Å². The third kappa shape index (κ3) is 4.06. The van der Waals surface area contributed by atoms with Crippen LogP contribution in [0.25, 0.3) is 0 Å². The lowest BCUT2D eigenvalue weighted by molar-refractivity contribution is 0.176. The minimum Gasteiger partial charge on any atom is -0.498 e. The number of nitrogens with two attached hydrogens (primary N) is 1. The minimum absolute atomic E-state index is 0.423. The number of benzene rings is 1. The average Bonchev–Trinajstić information content (AvgIpc) is 2.36. The standard InChI is InChI=1S/C12H16N2O3/c1-3-16-6-7-17-11-5-4-10(9-14-13)8-12(11)15-2/h3-5,8-9H,1,6-7,13H2,2H3. The highest BCUT2D eigenvalue weighted by Gasteiger charge is 2.04. The maximum atomic E-state index is 5.49. The quantitative estimate of drug-likeness (QED) is 0.256. The Hall–Kier alpha value is -2.17. The number of rotatable bonds is 7. The molecule has 1 aromatic rings. The van der Waals surface area contributed by atoms with Gasteiger partial charge >= 0.3 is 0 Å². The van der Waals surface area contributed by atoms with Gasteiger partial charge < -0.3 is 20.1 Å². The second kappa shape index (κ2) is 7.16. The van der Waals surface area contributed by atoms with Gasteiger partial charge in [-0.25, -0.2) is 0 Å². The van der Waals surface area contributed by atoms with Crippen LogP contribution in [0.1, 0.15) is 5.56 Å². The Morgan fingerprint density at radius 1 is 1.35 bits per heavy atom. The molecule has 0 heterocycles. The van der Waals surface area contributed by atoms with Crippen LogP contribution < -0.4 is 15.3 Å². The molecule has 5 heteroatoms. The number of nitrogens with zero attached hydrogens (tertiary/aromatic N) is 1. The predicted octanol–water partition coefficient (Wildman–Crippen LogP) is 1.53. The van der Waals surface area contributed by atoms with Crippen molar-refractivity contribution in [2.45, 2.75) is 0 Å². The van der Waals surface area contributed by atoms with Crippen LogP contribution in [-0.2, 0) is 4.74 Å². The Balaban J connectivity index is 2.67. The smallest absolute Gasteiger partial charge is 0.161 e. The third-order valence-corrected chi connectivity index (χ3v) is 1.99. The summed E-state index contributed by atoms with van der Waals surface area (Å²) >= 11 is 0. The summed E-state index contributed by atoms with van der Waals surface area (Å²) < 4.78 is 15.6. The van der Waals surface area contributed by atoms with Gasteiger partial charge in [-0.1, -0.05) is 6.58 Å². The van der Waals surface area contributed by atoms with Crippen molar-refractivity contribution in [1.29, 1.82) is 0 Å². The molecular formula is C12H16N2O3. The molecule has 0 unspecified atom stereocenters. The molecule has 17 heavy (non-hydrogen) atoms. The highest BCUT2D eigenvalue weighted by atomic mass is 16.5. The summed E-state index contributed by atoms with van der Waals surface area (Å²) in [6, 6.07) is 5.42. The molecule has 5 nitrogen and oxygen atoms in total. The van der Waals surface area contributed by atoms with Gasteiger partial charge in [0, 0.05) is 0 Å². The Morgan fingerprint density at radius 3 is 2.82 bits per heavy atom. The molecular weight excluding hydrogens is 220 g/mol. The normalized spacial score (nSPS) is 10.2. The molecule has 0 bridgehead atoms. The van der Waals surface area contributed by atoms with Crippen molar-refractivity contribution in [2.75, 3.05) is 20.3 Å². The van der Waals surface area contributed by atoms with Crippen molar-refractivity contribution in [3.05, 3.63) is 36.6 Å². The van der Waals surface area contributed by atoms with E-state index in [4.69, 9.17) is 20.1 Å². The first-order chi connectivity index (χ1) is 8.31. The van der Waals surface area contributed by atoms with E-state index < -0.39 is 0 Å². The van der Waals surface area contributed by atoms with Gasteiger partial charge in [0.25, 0.3) is 0 Å². The molecule has 1 rings (SSSR count). The van der Waals surface area contributed by atoms with Crippen molar-refractivity contribution in [3.8, 4) is 11.5 Å². The van der Waals surface area contributed by atoms with Crippen LogP contribution in [0, 0.1) is 0 Å². The Bertz CT molecular complexity index is 391. The van der Waals surface area contributed by atoms with E-state index in [-0.39, 0.29) is 0 Å². The topological polar surface area (TPSA) is 66.1 Å². The molecule has 0 aromatic heterocycles. The van der Waals surface area contributed by atoms with Gasteiger partial charge in [0.05, 0.1) is 19.6 Å². The molecule has 0 radical (unpaired) electrons. The monoisotopic (exact) mass is 236 g/mol. The molecule has 92 valence electrons. The molecule has 0 fully saturated rings. The zero-order chi connectivity index (χ0) is 12.5. The summed E-state index contributed by atoms with van der Waals surface area (Å²) in [4.78, 5) is 0. The van der Waals surface area contributed by atoms with Crippen molar-refractivity contribution >= 4 is 6.21 Å². The maximum Gasteiger partial charge on any atom is 0.161 e. The van der Waals surface area contributed by atoms with Crippen LogP contribution in [-0.4, -0.2) is 26.5 Å². The number of hydrogen-bond acceptors (Lipinski definition) is 5. The minimum atomic E-state index is 0.423. The highest BCUT2D eigenvalue weighted by molar-refractivity contribution is 5.80. The summed E-state index contributed by atoms with van der Waals surface area (Å²) in [5, 5.41) is 3.45. The van der Waals surface area contributed by atoms with Crippen molar-refractivity contribution < 1.29 is 14.2 Å². The molecule has 0 aliphatic heterocycles. The van der Waals surface area contributed by atoms with Crippen LogP contribution in [0.5, 0.6) is 11.5 Å². The summed E-state index contributed by atoms with van der Waals surface area (Å²) in [7, 11) is 1.58. The van der Waals surface area contributed by atoms with E-state index >= 15 is 0 Å². The molecule has 0 saturated carbocycles. The van der Waals surface area contributed by atoms with E-state index in [9.17, 15) is 0 Å². The first-order valence-corrected chi connectivity index (χ1v) is 5.08. The van der Waals surface area contributed by atoms with E-state index in [1.54, 1.807) is 19.2 Å². The zero-order valence-corrected chi connectivity index (χ0v) is 9.76. The van der Waals surface area contributed by atoms with Gasteiger partial charge in [-0.3, -0.25) is 0 Å². The first kappa shape index (κ1) is 12.9. The lowest BCUT2D eigenvalue weighted by atomic mass is 10.2. The fourth-order valence-electron chi connectivity index (χ4n) is 1.25. The average molecular weight is 236 g/mol. The van der Waals surface area contributed by atoms with Crippen LogP contribution in [0.2, 0.25) is 0 Å². The second-order valence-electron chi connectivity index (χ2n) is 3.07. The SMILES string of the molecule is C=COCCOc1ccc(C=NN)cc1OC. The van der Waals surface area contributed by atoms with Gasteiger partial charge in [0.15, 0.2) is 11.5 Å². The van der Waals surface area contributed by atoms with Crippen LogP contribution >= 0.6 is 0 Å². The predicted molar refractivity (Wildman–Crippen MR) is 66.4 cm³/mol. The number of hydrazone groups is 1. The van der Waals surface area contributed by atoms with Crippen molar-refractivity contribution in [1.82, 2.24) is 0 Å². The van der Waals surface area contributed by atoms with E-state index in [0.29, 0.717) is 24.7 Å². The number of methoxy groups -OCH3 is 1. The first-order valence-electron chi connectivity index (χ1n) is 5.08. The molecule has 0 spiro atoms. The molecule has 0 amide bonds. The van der Waals surface area contributed by atoms with Gasteiger partial charge in [-0.2, -0.15) is 5.10 Å². The Kier molecular flexibility index (Phi) is 5.43. The van der Waals surface area contributed by atoms with Gasteiger partial charge in [-0.15, -0.1) is 0 Å². The highest BCUT2D eigenvalue weighted by Crippen LogP contribution is 2.27. The second-order valence-corrected chi connectivity index (χ2v) is 3.07. The summed E-state index contributed by atoms with van der Waals surface area (Å²) in [6.07, 6.45) is 2.91. The largest absolute Gasteiger partial charge is 0.498 e. The van der Waals surface area contributed by atoms with Crippen LogP contribution in [0.3, 0.4) is 0 Å². The van der Waals surface area contributed by atoms with Crippen LogP contribution in [0.4, 0.5) is 0 Å². The van der Waals surface area contributed by atoms with E-state index in [1.807, 2.05) is 6.07 Å². The van der Waals surface area contributed by atoms with Crippen LogP contribution in [0.15, 0.2) is 36.1 Å². The number of ether oxygens (including phenoxy) is 3. The van der Waals surface area contributed by atoms with Gasteiger partial charge in [0.2, 0.25) is 0 Å². The van der Waals surface area contributed by atoms with Crippen molar-refractivity contribution in [3.63, 3.8) is 0 Å². The lowest BCUT2D eigenvalue weighted by Gasteiger charge is -2.10. The number of hydrogen-bond donors (Lipinski definition) is 1. The zero-order valence-electron chi connectivity index (χ0n) is 9.76. The third-order valence-electron chi connectivity index (χ3n) is 1.99. The Labute approximate surface area is 100 Å². The molecule has 0 saturated heterocycles.